The number of hydrogen-bond donors (Lipinski definition) is 1. The Balaban J connectivity index is 2.59. The second kappa shape index (κ2) is 8.46. The van der Waals surface area contributed by atoms with Crippen LogP contribution < -0.4 is 5.32 Å². The molecule has 1 unspecified atom stereocenters. The van der Waals surface area contributed by atoms with Gasteiger partial charge in [0, 0.05) is 21.7 Å². The van der Waals surface area contributed by atoms with Crippen molar-refractivity contribution < 1.29 is 9.53 Å². The lowest BCUT2D eigenvalue weighted by Crippen LogP contribution is -2.43. The zero-order valence-electron chi connectivity index (χ0n) is 11.5. The minimum atomic E-state index is -0.302. The molecule has 0 fully saturated rings. The van der Waals surface area contributed by atoms with Crippen molar-refractivity contribution in [2.45, 2.75) is 37.8 Å². The predicted molar refractivity (Wildman–Crippen MR) is 80.9 cm³/mol. The van der Waals surface area contributed by atoms with Gasteiger partial charge in [-0.25, -0.2) is 0 Å². The number of benzene rings is 1. The Morgan fingerprint density at radius 3 is 2.79 bits per heavy atom. The summed E-state index contributed by atoms with van der Waals surface area (Å²) in [6.45, 7) is 6.23. The third kappa shape index (κ3) is 6.32. The minimum absolute atomic E-state index is 0.203. The molecule has 0 radical (unpaired) electrons. The summed E-state index contributed by atoms with van der Waals surface area (Å²) in [6, 6.07) is 7.54. The van der Waals surface area contributed by atoms with Crippen LogP contribution in [-0.4, -0.2) is 30.4 Å². The molecule has 1 rings (SSSR count). The molecule has 0 saturated heterocycles. The van der Waals surface area contributed by atoms with Crippen molar-refractivity contribution in [2.24, 2.45) is 0 Å². The largest absolute Gasteiger partial charge is 0.465 e. The van der Waals surface area contributed by atoms with E-state index in [1.165, 1.54) is 0 Å². The van der Waals surface area contributed by atoms with Crippen molar-refractivity contribution in [3.63, 3.8) is 0 Å². The van der Waals surface area contributed by atoms with Crippen molar-refractivity contribution in [1.29, 1.82) is 0 Å². The third-order valence-corrected chi connectivity index (χ3v) is 3.64. The maximum atomic E-state index is 11.8. The molecule has 0 heterocycles. The molecule has 3 nitrogen and oxygen atoms in total. The molecular weight excluding hydrogens is 282 g/mol. The molecule has 19 heavy (non-hydrogen) atoms. The molecular formula is C14H20ClNO2S. The van der Waals surface area contributed by atoms with Gasteiger partial charge in [0.25, 0.3) is 0 Å². The van der Waals surface area contributed by atoms with Gasteiger partial charge in [-0.1, -0.05) is 31.5 Å². The molecule has 1 N–H and O–H groups in total. The van der Waals surface area contributed by atoms with E-state index in [0.717, 1.165) is 4.90 Å². The second-order valence-electron chi connectivity index (χ2n) is 4.39. The number of esters is 1. The lowest BCUT2D eigenvalue weighted by atomic mass is 10.3. The zero-order chi connectivity index (χ0) is 14.3. The first-order chi connectivity index (χ1) is 9.02. The Kier molecular flexibility index (Phi) is 7.28. The van der Waals surface area contributed by atoms with Crippen molar-refractivity contribution in [3.8, 4) is 0 Å². The molecule has 5 heteroatoms. The van der Waals surface area contributed by atoms with Crippen molar-refractivity contribution in [3.05, 3.63) is 29.3 Å². The molecule has 0 spiro atoms. The first-order valence-corrected chi connectivity index (χ1v) is 7.70. The van der Waals surface area contributed by atoms with E-state index in [0.29, 0.717) is 17.4 Å². The van der Waals surface area contributed by atoms with E-state index in [9.17, 15) is 4.79 Å². The van der Waals surface area contributed by atoms with Crippen LogP contribution in [0.2, 0.25) is 5.02 Å². The number of halogens is 1. The van der Waals surface area contributed by atoms with Gasteiger partial charge in [0.05, 0.1) is 6.61 Å². The Morgan fingerprint density at radius 1 is 1.47 bits per heavy atom. The van der Waals surface area contributed by atoms with Crippen molar-refractivity contribution >= 4 is 29.3 Å². The highest BCUT2D eigenvalue weighted by molar-refractivity contribution is 7.99. The fourth-order valence-electron chi connectivity index (χ4n) is 1.57. The van der Waals surface area contributed by atoms with Crippen LogP contribution in [0.15, 0.2) is 29.2 Å². The fourth-order valence-corrected chi connectivity index (χ4v) is 2.80. The Hall–Kier alpha value is -0.710. The molecule has 1 atom stereocenters. The smallest absolute Gasteiger partial charge is 0.324 e. The first-order valence-electron chi connectivity index (χ1n) is 6.34. The van der Waals surface area contributed by atoms with Gasteiger partial charge in [-0.05, 0) is 25.1 Å². The third-order valence-electron chi connectivity index (χ3n) is 2.32. The summed E-state index contributed by atoms with van der Waals surface area (Å²) in [5, 5.41) is 3.92. The number of ether oxygens (including phenoxy) is 1. The fraction of sp³-hybridized carbons (Fsp3) is 0.500. The molecule has 0 aliphatic rings. The maximum absolute atomic E-state index is 11.8. The van der Waals surface area contributed by atoms with Crippen LogP contribution in [-0.2, 0) is 9.53 Å². The minimum Gasteiger partial charge on any atom is -0.465 e. The standard InChI is InChI=1S/C14H20ClNO2S/c1-4-18-14(17)13(16-10(2)3)9-19-12-7-5-6-11(15)8-12/h5-8,10,13,16H,4,9H2,1-3H3. The molecule has 0 aromatic heterocycles. The number of carbonyl (C=O) groups excluding carboxylic acids is 1. The van der Waals surface area contributed by atoms with Gasteiger partial charge in [-0.3, -0.25) is 4.79 Å². The Morgan fingerprint density at radius 2 is 2.21 bits per heavy atom. The normalized spacial score (nSPS) is 12.5. The maximum Gasteiger partial charge on any atom is 0.324 e. The molecule has 0 aliphatic heterocycles. The predicted octanol–water partition coefficient (Wildman–Crippen LogP) is 3.36. The van der Waals surface area contributed by atoms with E-state index in [1.54, 1.807) is 11.8 Å². The number of nitrogens with one attached hydrogen (secondary N) is 1. The average Bonchev–Trinajstić information content (AvgIpc) is 2.34. The van der Waals surface area contributed by atoms with Gasteiger partial charge in [-0.2, -0.15) is 0 Å². The lowest BCUT2D eigenvalue weighted by molar-refractivity contribution is -0.145. The summed E-state index contributed by atoms with van der Waals surface area (Å²) < 4.78 is 5.08. The topological polar surface area (TPSA) is 38.3 Å². The summed E-state index contributed by atoms with van der Waals surface area (Å²) in [5.74, 6) is 0.419. The van der Waals surface area contributed by atoms with E-state index in [4.69, 9.17) is 16.3 Å². The van der Waals surface area contributed by atoms with Crippen LogP contribution in [0.4, 0.5) is 0 Å². The highest BCUT2D eigenvalue weighted by atomic mass is 35.5. The monoisotopic (exact) mass is 301 g/mol. The Labute approximate surface area is 124 Å². The summed E-state index contributed by atoms with van der Waals surface area (Å²) >= 11 is 7.53. The van der Waals surface area contributed by atoms with Gasteiger partial charge in [0.15, 0.2) is 0 Å². The van der Waals surface area contributed by atoms with Crippen molar-refractivity contribution in [1.82, 2.24) is 5.32 Å². The average molecular weight is 302 g/mol. The first kappa shape index (κ1) is 16.3. The second-order valence-corrected chi connectivity index (χ2v) is 5.92. The van der Waals surface area contributed by atoms with Crippen LogP contribution in [0.25, 0.3) is 0 Å². The van der Waals surface area contributed by atoms with Gasteiger partial charge in [-0.15, -0.1) is 11.8 Å². The van der Waals surface area contributed by atoms with Crippen LogP contribution in [0.1, 0.15) is 20.8 Å². The molecule has 0 bridgehead atoms. The summed E-state index contributed by atoms with van der Waals surface area (Å²) in [5.41, 5.74) is 0. The highest BCUT2D eigenvalue weighted by Gasteiger charge is 2.20. The van der Waals surface area contributed by atoms with E-state index >= 15 is 0 Å². The van der Waals surface area contributed by atoms with E-state index in [-0.39, 0.29) is 18.1 Å². The van der Waals surface area contributed by atoms with E-state index < -0.39 is 0 Å². The molecule has 106 valence electrons. The van der Waals surface area contributed by atoms with Gasteiger partial charge >= 0.3 is 5.97 Å². The van der Waals surface area contributed by atoms with Crippen LogP contribution in [0, 0.1) is 0 Å². The molecule has 1 aromatic rings. The zero-order valence-corrected chi connectivity index (χ0v) is 13.1. The number of hydrogen-bond acceptors (Lipinski definition) is 4. The lowest BCUT2D eigenvalue weighted by Gasteiger charge is -2.19. The number of carbonyl (C=O) groups is 1. The quantitative estimate of drug-likeness (QED) is 0.619. The molecule has 0 aliphatic carbocycles. The van der Waals surface area contributed by atoms with Crippen LogP contribution in [0.5, 0.6) is 0 Å². The van der Waals surface area contributed by atoms with E-state index in [2.05, 4.69) is 5.32 Å². The number of rotatable bonds is 7. The molecule has 0 amide bonds. The van der Waals surface area contributed by atoms with E-state index in [1.807, 2.05) is 45.0 Å². The highest BCUT2D eigenvalue weighted by Crippen LogP contribution is 2.22. The SMILES string of the molecule is CCOC(=O)C(CSc1cccc(Cl)c1)NC(C)C. The summed E-state index contributed by atoms with van der Waals surface area (Å²) in [6.07, 6.45) is 0. The number of thioether (sulfide) groups is 1. The van der Waals surface area contributed by atoms with Crippen LogP contribution in [0.3, 0.4) is 0 Å². The van der Waals surface area contributed by atoms with Gasteiger partial charge in [0.1, 0.15) is 6.04 Å². The van der Waals surface area contributed by atoms with Crippen molar-refractivity contribution in [2.75, 3.05) is 12.4 Å². The van der Waals surface area contributed by atoms with Crippen LogP contribution >= 0.6 is 23.4 Å². The Bertz CT molecular complexity index is 412. The summed E-state index contributed by atoms with van der Waals surface area (Å²) in [4.78, 5) is 12.9. The van der Waals surface area contributed by atoms with Gasteiger partial charge < -0.3 is 10.1 Å². The summed E-state index contributed by atoms with van der Waals surface area (Å²) in [7, 11) is 0. The molecule has 0 saturated carbocycles. The van der Waals surface area contributed by atoms with Gasteiger partial charge in [0.2, 0.25) is 0 Å². The molecule has 1 aromatic carbocycles.